The van der Waals surface area contributed by atoms with Gasteiger partial charge in [-0.2, -0.15) is 0 Å². The predicted octanol–water partition coefficient (Wildman–Crippen LogP) is 1.50. The first-order valence-electron chi connectivity index (χ1n) is 5.24. The third-order valence-corrected chi connectivity index (χ3v) is 2.67. The number of rotatable bonds is 3. The number of Topliss-reactive ketones (excluding diaryl/α,β-unsaturated/α-hetero) is 1. The van der Waals surface area contributed by atoms with Gasteiger partial charge in [-0.25, -0.2) is 0 Å². The molecule has 0 unspecified atom stereocenters. The highest BCUT2D eigenvalue weighted by Crippen LogP contribution is 2.21. The molecule has 1 atom stereocenters. The molecule has 1 aliphatic carbocycles. The van der Waals surface area contributed by atoms with Crippen LogP contribution < -0.4 is 4.74 Å². The minimum absolute atomic E-state index is 0.0373. The Kier molecular flexibility index (Phi) is 3.06. The van der Waals surface area contributed by atoms with Gasteiger partial charge in [0.05, 0.1) is 13.2 Å². The Labute approximate surface area is 94.4 Å². The molecular weight excluding hydrogens is 204 g/mol. The lowest BCUT2D eigenvalue weighted by atomic mass is 10.0. The summed E-state index contributed by atoms with van der Waals surface area (Å²) in [5, 5.41) is 9.33. The maximum absolute atomic E-state index is 11.5. The lowest BCUT2D eigenvalue weighted by Crippen LogP contribution is -2.02. The first-order chi connectivity index (χ1) is 7.69. The van der Waals surface area contributed by atoms with Crippen molar-refractivity contribution >= 4 is 5.78 Å². The molecule has 3 heteroatoms. The highest BCUT2D eigenvalue weighted by molar-refractivity contribution is 5.98. The molecule has 0 aliphatic heterocycles. The number of ketones is 1. The van der Waals surface area contributed by atoms with Gasteiger partial charge in [-0.3, -0.25) is 4.79 Å². The quantitative estimate of drug-likeness (QED) is 0.836. The van der Waals surface area contributed by atoms with E-state index < -0.39 is 6.10 Å². The van der Waals surface area contributed by atoms with Crippen LogP contribution in [0.5, 0.6) is 5.75 Å². The van der Waals surface area contributed by atoms with Gasteiger partial charge in [-0.05, 0) is 29.3 Å². The molecule has 0 radical (unpaired) electrons. The van der Waals surface area contributed by atoms with Crippen LogP contribution in [0, 0.1) is 0 Å². The fraction of sp³-hybridized carbons (Fsp3) is 0.308. The molecule has 0 saturated heterocycles. The molecule has 0 saturated carbocycles. The molecule has 0 spiro atoms. The number of carbonyl (C=O) groups excluding carboxylic acids is 1. The summed E-state index contributed by atoms with van der Waals surface area (Å²) in [7, 11) is 1.61. The van der Waals surface area contributed by atoms with Crippen LogP contribution in [0.4, 0.5) is 0 Å². The minimum atomic E-state index is -0.604. The van der Waals surface area contributed by atoms with Crippen molar-refractivity contribution in [2.24, 2.45) is 0 Å². The zero-order chi connectivity index (χ0) is 11.5. The van der Waals surface area contributed by atoms with Gasteiger partial charge in [0.25, 0.3) is 0 Å². The van der Waals surface area contributed by atoms with Crippen molar-refractivity contribution in [2.75, 3.05) is 7.11 Å². The molecule has 1 aromatic rings. The second kappa shape index (κ2) is 4.49. The number of aliphatic hydroxyl groups excluding tert-OH is 1. The normalized spacial score (nSPS) is 19.8. The molecule has 84 valence electrons. The van der Waals surface area contributed by atoms with Crippen molar-refractivity contribution in [1.29, 1.82) is 0 Å². The Morgan fingerprint density at radius 2 is 2.31 bits per heavy atom. The van der Waals surface area contributed by atoms with E-state index in [0.717, 1.165) is 11.3 Å². The summed E-state index contributed by atoms with van der Waals surface area (Å²) in [5.74, 6) is 0.819. The summed E-state index contributed by atoms with van der Waals surface area (Å²) in [6.45, 7) is 0. The fourth-order valence-corrected chi connectivity index (χ4v) is 1.86. The molecule has 0 amide bonds. The van der Waals surface area contributed by atoms with Crippen molar-refractivity contribution in [1.82, 2.24) is 0 Å². The van der Waals surface area contributed by atoms with E-state index >= 15 is 0 Å². The van der Waals surface area contributed by atoms with Crippen LogP contribution >= 0.6 is 0 Å². The highest BCUT2D eigenvalue weighted by atomic mass is 16.5. The first kappa shape index (κ1) is 10.9. The second-order valence-corrected chi connectivity index (χ2v) is 3.91. The first-order valence-corrected chi connectivity index (χ1v) is 5.24. The van der Waals surface area contributed by atoms with Gasteiger partial charge in [0, 0.05) is 12.8 Å². The Balaban J connectivity index is 2.15. The number of carbonyl (C=O) groups is 1. The largest absolute Gasteiger partial charge is 0.497 e. The Morgan fingerprint density at radius 3 is 2.94 bits per heavy atom. The highest BCUT2D eigenvalue weighted by Gasteiger charge is 2.21. The van der Waals surface area contributed by atoms with Gasteiger partial charge in [-0.1, -0.05) is 12.1 Å². The summed E-state index contributed by atoms with van der Waals surface area (Å²) in [6.07, 6.45) is 1.82. The van der Waals surface area contributed by atoms with Crippen LogP contribution in [-0.4, -0.2) is 24.1 Å². The van der Waals surface area contributed by atoms with Gasteiger partial charge in [0.2, 0.25) is 0 Å². The summed E-state index contributed by atoms with van der Waals surface area (Å²) < 4.78 is 5.11. The molecule has 1 aromatic carbocycles. The number of methoxy groups -OCH3 is 1. The van der Waals surface area contributed by atoms with E-state index in [4.69, 9.17) is 4.74 Å². The van der Waals surface area contributed by atoms with Crippen LogP contribution in [0.1, 0.15) is 12.0 Å². The van der Waals surface area contributed by atoms with E-state index in [1.807, 2.05) is 24.3 Å². The molecule has 0 aromatic heterocycles. The zero-order valence-corrected chi connectivity index (χ0v) is 9.14. The molecule has 0 bridgehead atoms. The van der Waals surface area contributed by atoms with Crippen molar-refractivity contribution in [3.8, 4) is 5.75 Å². The smallest absolute Gasteiger partial charge is 0.161 e. The minimum Gasteiger partial charge on any atom is -0.497 e. The third-order valence-electron chi connectivity index (χ3n) is 2.67. The van der Waals surface area contributed by atoms with Gasteiger partial charge in [0.1, 0.15) is 5.75 Å². The summed E-state index contributed by atoms with van der Waals surface area (Å²) in [5.41, 5.74) is 1.72. The van der Waals surface area contributed by atoms with Crippen LogP contribution in [-0.2, 0) is 11.2 Å². The van der Waals surface area contributed by atoms with Crippen LogP contribution in [0.25, 0.3) is 0 Å². The maximum atomic E-state index is 11.5. The average Bonchev–Trinajstić information content (AvgIpc) is 2.58. The van der Waals surface area contributed by atoms with Crippen LogP contribution in [0.2, 0.25) is 0 Å². The average molecular weight is 218 g/mol. The van der Waals surface area contributed by atoms with Crippen molar-refractivity contribution < 1.29 is 14.6 Å². The summed E-state index contributed by atoms with van der Waals surface area (Å²) in [4.78, 5) is 11.5. The maximum Gasteiger partial charge on any atom is 0.161 e. The standard InChI is InChI=1S/C13H14O3/c1-16-12-4-2-3-9(6-12)5-10-7-11(14)8-13(10)15/h2-4,6-7,11,14H,5,8H2,1H3/t11-/m0/s1. The topological polar surface area (TPSA) is 46.5 Å². The molecule has 2 rings (SSSR count). The number of benzene rings is 1. The summed E-state index contributed by atoms with van der Waals surface area (Å²) in [6, 6.07) is 7.61. The van der Waals surface area contributed by atoms with Crippen LogP contribution in [0.3, 0.4) is 0 Å². The van der Waals surface area contributed by atoms with Gasteiger partial charge < -0.3 is 9.84 Å². The monoisotopic (exact) mass is 218 g/mol. The zero-order valence-electron chi connectivity index (χ0n) is 9.14. The van der Waals surface area contributed by atoms with Gasteiger partial charge >= 0.3 is 0 Å². The molecule has 3 nitrogen and oxygen atoms in total. The molecule has 1 N–H and O–H groups in total. The lowest BCUT2D eigenvalue weighted by molar-refractivity contribution is -0.115. The molecule has 0 fully saturated rings. The van der Waals surface area contributed by atoms with Crippen molar-refractivity contribution in [2.45, 2.75) is 18.9 Å². The second-order valence-electron chi connectivity index (χ2n) is 3.91. The van der Waals surface area contributed by atoms with E-state index in [0.29, 0.717) is 12.0 Å². The molecule has 16 heavy (non-hydrogen) atoms. The van der Waals surface area contributed by atoms with E-state index in [1.54, 1.807) is 13.2 Å². The SMILES string of the molecule is COc1cccc(CC2=C[C@H](O)CC2=O)c1. The van der Waals surface area contributed by atoms with E-state index in [9.17, 15) is 9.90 Å². The predicted molar refractivity (Wildman–Crippen MR) is 60.4 cm³/mol. The number of hydrogen-bond donors (Lipinski definition) is 1. The van der Waals surface area contributed by atoms with Gasteiger partial charge in [-0.15, -0.1) is 0 Å². The van der Waals surface area contributed by atoms with E-state index in [1.165, 1.54) is 0 Å². The van der Waals surface area contributed by atoms with E-state index in [-0.39, 0.29) is 12.2 Å². The van der Waals surface area contributed by atoms with Crippen molar-refractivity contribution in [3.05, 3.63) is 41.5 Å². The molecule has 0 heterocycles. The number of aliphatic hydroxyl groups is 1. The number of ether oxygens (including phenoxy) is 1. The van der Waals surface area contributed by atoms with Crippen LogP contribution in [0.15, 0.2) is 35.9 Å². The number of allylic oxidation sites excluding steroid dienone is 1. The Hall–Kier alpha value is -1.61. The Bertz CT molecular complexity index is 435. The van der Waals surface area contributed by atoms with Gasteiger partial charge in [0.15, 0.2) is 5.78 Å². The fourth-order valence-electron chi connectivity index (χ4n) is 1.86. The molecule has 1 aliphatic rings. The lowest BCUT2D eigenvalue weighted by Gasteiger charge is -2.04. The summed E-state index contributed by atoms with van der Waals surface area (Å²) >= 11 is 0. The van der Waals surface area contributed by atoms with Crippen molar-refractivity contribution in [3.63, 3.8) is 0 Å². The third kappa shape index (κ3) is 2.31. The Morgan fingerprint density at radius 1 is 1.50 bits per heavy atom. The van der Waals surface area contributed by atoms with E-state index in [2.05, 4.69) is 0 Å². The molecular formula is C13H14O3. The number of hydrogen-bond acceptors (Lipinski definition) is 3.